The van der Waals surface area contributed by atoms with E-state index in [2.05, 4.69) is 5.10 Å². The Morgan fingerprint density at radius 2 is 2.11 bits per heavy atom. The normalized spacial score (nSPS) is 17.7. The number of hydrogen-bond acceptors (Lipinski definition) is 3. The number of rotatable bonds is 3. The summed E-state index contributed by atoms with van der Waals surface area (Å²) >= 11 is 0. The molecule has 0 aliphatic heterocycles. The van der Waals surface area contributed by atoms with Gasteiger partial charge in [0, 0.05) is 12.8 Å². The van der Waals surface area contributed by atoms with E-state index in [-0.39, 0.29) is 0 Å². The molecule has 4 nitrogen and oxygen atoms in total. The molecule has 0 atom stereocenters. The van der Waals surface area contributed by atoms with Crippen LogP contribution in [0, 0.1) is 0 Å². The van der Waals surface area contributed by atoms with Gasteiger partial charge in [-0.1, -0.05) is 0 Å². The first kappa shape index (κ1) is 13.7. The smallest absolute Gasteiger partial charge is 0.290 e. The third kappa shape index (κ3) is 2.26. The van der Waals surface area contributed by atoms with Gasteiger partial charge >= 0.3 is 0 Å². The highest BCUT2D eigenvalue weighted by Crippen LogP contribution is 2.42. The Hall–Kier alpha value is -1.73. The van der Waals surface area contributed by atoms with Crippen molar-refractivity contribution in [2.75, 3.05) is 0 Å². The molecule has 104 valence electrons. The molecule has 0 unspecified atom stereocenters. The van der Waals surface area contributed by atoms with Crippen LogP contribution in [-0.4, -0.2) is 21.3 Å². The lowest BCUT2D eigenvalue weighted by Gasteiger charge is -2.23. The minimum Gasteiger partial charge on any atom is -0.298 e. The first-order valence-electron chi connectivity index (χ1n) is 5.54. The summed E-state index contributed by atoms with van der Waals surface area (Å²) in [7, 11) is 0. The summed E-state index contributed by atoms with van der Waals surface area (Å²) in [6.45, 7) is 0.566. The largest absolute Gasteiger partial charge is 0.298 e. The number of aromatic nitrogens is 2. The number of halogens is 4. The Morgan fingerprint density at radius 1 is 1.47 bits per heavy atom. The molecule has 0 saturated carbocycles. The van der Waals surface area contributed by atoms with Crippen LogP contribution in [0.1, 0.15) is 47.9 Å². The fourth-order valence-corrected chi connectivity index (χ4v) is 2.12. The molecule has 1 aromatic heterocycles. The fourth-order valence-electron chi connectivity index (χ4n) is 2.12. The fraction of sp³-hybridized carbons (Fsp3) is 0.545. The van der Waals surface area contributed by atoms with Crippen molar-refractivity contribution in [2.24, 2.45) is 0 Å². The Balaban J connectivity index is 2.68. The number of hydrogen-bond donors (Lipinski definition) is 0. The monoisotopic (exact) mass is 278 g/mol. The molecule has 1 aromatic rings. The maximum atomic E-state index is 13.8. The molecule has 0 N–H and O–H groups in total. The van der Waals surface area contributed by atoms with E-state index >= 15 is 0 Å². The third-order valence-electron chi connectivity index (χ3n) is 2.85. The van der Waals surface area contributed by atoms with E-state index in [1.807, 2.05) is 0 Å². The van der Waals surface area contributed by atoms with E-state index in [0.29, 0.717) is 4.68 Å². The van der Waals surface area contributed by atoms with Gasteiger partial charge in [0.15, 0.2) is 11.6 Å². The molecule has 0 amide bonds. The standard InChI is InChI=1S/C11H10F4N2O2/c1-5(18)4-17-9-7(8(16-17)10(12)13)6(19)2-3-11(9,14)15/h10H,2-4H2,1H3. The van der Waals surface area contributed by atoms with E-state index in [0.717, 1.165) is 6.92 Å². The molecule has 1 aliphatic carbocycles. The number of alkyl halides is 4. The Kier molecular flexibility index (Phi) is 3.19. The van der Waals surface area contributed by atoms with Crippen molar-refractivity contribution in [3.8, 4) is 0 Å². The van der Waals surface area contributed by atoms with Crippen LogP contribution in [0.25, 0.3) is 0 Å². The van der Waals surface area contributed by atoms with Gasteiger partial charge in [0.2, 0.25) is 0 Å². The zero-order valence-corrected chi connectivity index (χ0v) is 9.92. The first-order chi connectivity index (χ1) is 8.74. The quantitative estimate of drug-likeness (QED) is 0.798. The van der Waals surface area contributed by atoms with Crippen LogP contribution in [-0.2, 0) is 17.3 Å². The molecule has 19 heavy (non-hydrogen) atoms. The number of carbonyl (C=O) groups is 2. The molecule has 0 radical (unpaired) electrons. The van der Waals surface area contributed by atoms with Gasteiger partial charge in [-0.2, -0.15) is 13.9 Å². The van der Waals surface area contributed by atoms with Gasteiger partial charge in [-0.05, 0) is 6.92 Å². The average molecular weight is 278 g/mol. The minimum absolute atomic E-state index is 0.508. The van der Waals surface area contributed by atoms with E-state index in [1.54, 1.807) is 0 Å². The van der Waals surface area contributed by atoms with E-state index in [9.17, 15) is 27.2 Å². The number of nitrogens with zero attached hydrogens (tertiary/aromatic N) is 2. The lowest BCUT2D eigenvalue weighted by atomic mass is 9.91. The van der Waals surface area contributed by atoms with Gasteiger partial charge in [-0.15, -0.1) is 0 Å². The van der Waals surface area contributed by atoms with Crippen molar-refractivity contribution in [1.82, 2.24) is 9.78 Å². The molecule has 8 heteroatoms. The maximum absolute atomic E-state index is 13.8. The number of fused-ring (bicyclic) bond motifs is 1. The summed E-state index contributed by atoms with van der Waals surface area (Å²) < 4.78 is 53.6. The topological polar surface area (TPSA) is 52.0 Å². The summed E-state index contributed by atoms with van der Waals surface area (Å²) in [5, 5.41) is 3.32. The van der Waals surface area contributed by atoms with Crippen LogP contribution in [0.4, 0.5) is 17.6 Å². The zero-order chi connectivity index (χ0) is 14.4. The first-order valence-corrected chi connectivity index (χ1v) is 5.54. The minimum atomic E-state index is -3.43. The second kappa shape index (κ2) is 4.43. The molecule has 0 fully saturated rings. The Bertz CT molecular complexity index is 551. The van der Waals surface area contributed by atoms with Crippen LogP contribution in [0.5, 0.6) is 0 Å². The molecule has 0 spiro atoms. The summed E-state index contributed by atoms with van der Waals surface area (Å²) in [6, 6.07) is 0. The number of carbonyl (C=O) groups excluding carboxylic acids is 2. The highest BCUT2D eigenvalue weighted by Gasteiger charge is 2.46. The second-order valence-electron chi connectivity index (χ2n) is 4.40. The number of ketones is 2. The highest BCUT2D eigenvalue weighted by molar-refractivity contribution is 5.99. The Morgan fingerprint density at radius 3 is 2.63 bits per heavy atom. The van der Waals surface area contributed by atoms with Crippen LogP contribution in [0.15, 0.2) is 0 Å². The summed E-state index contributed by atoms with van der Waals surface area (Å²) in [4.78, 5) is 22.6. The second-order valence-corrected chi connectivity index (χ2v) is 4.40. The lowest BCUT2D eigenvalue weighted by Crippen LogP contribution is -2.28. The van der Waals surface area contributed by atoms with E-state index in [4.69, 9.17) is 0 Å². The van der Waals surface area contributed by atoms with E-state index in [1.165, 1.54) is 0 Å². The van der Waals surface area contributed by atoms with E-state index < -0.39 is 60.3 Å². The van der Waals surface area contributed by atoms with Gasteiger partial charge in [0.25, 0.3) is 12.3 Å². The van der Waals surface area contributed by atoms with Crippen LogP contribution >= 0.6 is 0 Å². The van der Waals surface area contributed by atoms with Gasteiger partial charge < -0.3 is 0 Å². The maximum Gasteiger partial charge on any atom is 0.290 e. The lowest BCUT2D eigenvalue weighted by molar-refractivity contribution is -0.118. The number of Topliss-reactive ketones (excluding diaryl/α,β-unsaturated/α-hetero) is 2. The van der Waals surface area contributed by atoms with Crippen LogP contribution in [0.2, 0.25) is 0 Å². The molecule has 0 bridgehead atoms. The molecular formula is C11H10F4N2O2. The molecule has 2 rings (SSSR count). The molecule has 0 saturated heterocycles. The molecule has 0 aromatic carbocycles. The molecule has 1 heterocycles. The van der Waals surface area contributed by atoms with Crippen LogP contribution in [0.3, 0.4) is 0 Å². The van der Waals surface area contributed by atoms with Gasteiger partial charge in [0.05, 0.1) is 12.1 Å². The van der Waals surface area contributed by atoms with Crippen molar-refractivity contribution in [2.45, 2.75) is 38.7 Å². The predicted octanol–water partition coefficient (Wildman–Crippen LogP) is 2.48. The Labute approximate surface area is 105 Å². The zero-order valence-electron chi connectivity index (χ0n) is 9.92. The van der Waals surface area contributed by atoms with Gasteiger partial charge in [-0.25, -0.2) is 8.78 Å². The van der Waals surface area contributed by atoms with Crippen molar-refractivity contribution in [1.29, 1.82) is 0 Å². The summed E-state index contributed by atoms with van der Waals surface area (Å²) in [5.41, 5.74) is -2.57. The van der Waals surface area contributed by atoms with Gasteiger partial charge in [-0.3, -0.25) is 14.3 Å². The van der Waals surface area contributed by atoms with Crippen molar-refractivity contribution >= 4 is 11.6 Å². The summed E-state index contributed by atoms with van der Waals surface area (Å²) in [5.74, 6) is -4.73. The van der Waals surface area contributed by atoms with Crippen molar-refractivity contribution < 1.29 is 27.2 Å². The van der Waals surface area contributed by atoms with Crippen molar-refractivity contribution in [3.05, 3.63) is 17.0 Å². The van der Waals surface area contributed by atoms with Gasteiger partial charge in [0.1, 0.15) is 11.4 Å². The average Bonchev–Trinajstić information content (AvgIpc) is 2.64. The third-order valence-corrected chi connectivity index (χ3v) is 2.85. The predicted molar refractivity (Wildman–Crippen MR) is 55.3 cm³/mol. The SMILES string of the molecule is CC(=O)Cn1nc(C(F)F)c2c1C(F)(F)CCC2=O. The summed E-state index contributed by atoms with van der Waals surface area (Å²) in [6.07, 6.45) is -4.41. The van der Waals surface area contributed by atoms with Crippen molar-refractivity contribution in [3.63, 3.8) is 0 Å². The molecular weight excluding hydrogens is 268 g/mol. The molecule has 1 aliphatic rings. The highest BCUT2D eigenvalue weighted by atomic mass is 19.3. The van der Waals surface area contributed by atoms with Crippen LogP contribution < -0.4 is 0 Å².